The molecule has 0 unspecified atom stereocenters. The quantitative estimate of drug-likeness (QED) is 0.812. The third kappa shape index (κ3) is 5.29. The maximum Gasteiger partial charge on any atom is 0.234 e. The van der Waals surface area contributed by atoms with Crippen LogP contribution in [-0.4, -0.2) is 54.4 Å². The van der Waals surface area contributed by atoms with Crippen molar-refractivity contribution < 1.29 is 9.59 Å². The van der Waals surface area contributed by atoms with Gasteiger partial charge < -0.3 is 15.1 Å². The van der Waals surface area contributed by atoms with E-state index in [1.165, 1.54) is 28.6 Å². The van der Waals surface area contributed by atoms with Gasteiger partial charge in [-0.15, -0.1) is 11.8 Å². The molecule has 28 heavy (non-hydrogen) atoms. The van der Waals surface area contributed by atoms with E-state index < -0.39 is 0 Å². The van der Waals surface area contributed by atoms with Crippen LogP contribution in [0.1, 0.15) is 11.1 Å². The molecule has 1 heterocycles. The molecule has 3 rings (SSSR count). The number of hydrogen-bond donors (Lipinski definition) is 1. The zero-order valence-corrected chi connectivity index (χ0v) is 17.3. The molecule has 1 saturated heterocycles. The molecule has 2 aromatic carbocycles. The molecule has 148 valence electrons. The third-order valence-corrected chi connectivity index (χ3v) is 5.98. The van der Waals surface area contributed by atoms with E-state index in [2.05, 4.69) is 42.3 Å². The smallest absolute Gasteiger partial charge is 0.234 e. The summed E-state index contributed by atoms with van der Waals surface area (Å²) in [5.74, 6) is 0.649. The van der Waals surface area contributed by atoms with Gasteiger partial charge in [0.2, 0.25) is 11.8 Å². The molecule has 0 spiro atoms. The number of nitrogens with zero attached hydrogens (tertiary/aromatic N) is 2. The molecule has 5 nitrogen and oxygen atoms in total. The Bertz CT molecular complexity index is 818. The molecule has 0 atom stereocenters. The molecular weight excluding hydrogens is 370 g/mol. The van der Waals surface area contributed by atoms with Crippen molar-refractivity contribution >= 4 is 35.0 Å². The fourth-order valence-corrected chi connectivity index (χ4v) is 4.03. The van der Waals surface area contributed by atoms with Crippen molar-refractivity contribution in [3.8, 4) is 0 Å². The van der Waals surface area contributed by atoms with Gasteiger partial charge in [0.25, 0.3) is 0 Å². The van der Waals surface area contributed by atoms with E-state index >= 15 is 0 Å². The Morgan fingerprint density at radius 1 is 0.929 bits per heavy atom. The molecule has 2 aromatic rings. The first-order valence-corrected chi connectivity index (χ1v) is 10.7. The summed E-state index contributed by atoms with van der Waals surface area (Å²) in [6, 6.07) is 15.7. The number of piperazine rings is 1. The summed E-state index contributed by atoms with van der Waals surface area (Å²) in [5.41, 5.74) is 4.64. The minimum Gasteiger partial charge on any atom is -0.368 e. The van der Waals surface area contributed by atoms with Crippen molar-refractivity contribution in [2.75, 3.05) is 47.9 Å². The molecule has 0 aliphatic carbocycles. The number of hydrogen-bond acceptors (Lipinski definition) is 4. The van der Waals surface area contributed by atoms with Crippen LogP contribution in [0.4, 0.5) is 11.4 Å². The number of para-hydroxylation sites is 1. The lowest BCUT2D eigenvalue weighted by atomic mass is 10.1. The van der Waals surface area contributed by atoms with Crippen LogP contribution in [0.2, 0.25) is 0 Å². The van der Waals surface area contributed by atoms with E-state index in [-0.39, 0.29) is 17.6 Å². The fourth-order valence-electron chi connectivity index (χ4n) is 3.32. The van der Waals surface area contributed by atoms with E-state index in [1.54, 1.807) is 0 Å². The van der Waals surface area contributed by atoms with Gasteiger partial charge >= 0.3 is 0 Å². The molecule has 1 fully saturated rings. The van der Waals surface area contributed by atoms with Crippen LogP contribution in [0, 0.1) is 13.8 Å². The molecular formula is C22H27N3O2S. The zero-order chi connectivity index (χ0) is 19.9. The average molecular weight is 398 g/mol. The van der Waals surface area contributed by atoms with Gasteiger partial charge in [-0.05, 0) is 43.2 Å². The Hall–Kier alpha value is -2.47. The Morgan fingerprint density at radius 2 is 1.64 bits per heavy atom. The van der Waals surface area contributed by atoms with Gasteiger partial charge in [0, 0.05) is 37.6 Å². The van der Waals surface area contributed by atoms with E-state index in [0.717, 1.165) is 31.9 Å². The number of benzene rings is 2. The summed E-state index contributed by atoms with van der Waals surface area (Å²) >= 11 is 1.37. The fraction of sp³-hybridized carbons (Fsp3) is 0.364. The second kappa shape index (κ2) is 9.64. The first-order valence-electron chi connectivity index (χ1n) is 9.56. The van der Waals surface area contributed by atoms with Crippen molar-refractivity contribution in [3.05, 3.63) is 59.7 Å². The molecule has 0 aromatic heterocycles. The van der Waals surface area contributed by atoms with E-state index in [4.69, 9.17) is 0 Å². The number of nitrogens with one attached hydrogen (secondary N) is 1. The average Bonchev–Trinajstić information content (AvgIpc) is 2.71. The van der Waals surface area contributed by atoms with Crippen molar-refractivity contribution in [2.45, 2.75) is 13.8 Å². The zero-order valence-electron chi connectivity index (χ0n) is 16.5. The molecule has 0 saturated carbocycles. The SMILES string of the molecule is Cc1cccc(N2CCN(C(=O)CSCC(=O)Nc3ccccc3)CC2)c1C. The molecule has 6 heteroatoms. The van der Waals surface area contributed by atoms with Crippen molar-refractivity contribution in [3.63, 3.8) is 0 Å². The van der Waals surface area contributed by atoms with Crippen LogP contribution < -0.4 is 10.2 Å². The highest BCUT2D eigenvalue weighted by Crippen LogP contribution is 2.24. The highest BCUT2D eigenvalue weighted by Gasteiger charge is 2.22. The molecule has 0 bridgehead atoms. The highest BCUT2D eigenvalue weighted by atomic mass is 32.2. The number of rotatable bonds is 6. The number of carbonyl (C=O) groups excluding carboxylic acids is 2. The van der Waals surface area contributed by atoms with Gasteiger partial charge in [-0.25, -0.2) is 0 Å². The standard InChI is InChI=1S/C22H27N3O2S/c1-17-7-6-10-20(18(17)2)24-11-13-25(14-12-24)22(27)16-28-15-21(26)23-19-8-4-3-5-9-19/h3-10H,11-16H2,1-2H3,(H,23,26). The summed E-state index contributed by atoms with van der Waals surface area (Å²) in [5, 5.41) is 2.84. The molecule has 0 radical (unpaired) electrons. The maximum atomic E-state index is 12.5. The second-order valence-corrected chi connectivity index (χ2v) is 7.98. The van der Waals surface area contributed by atoms with Gasteiger partial charge in [0.15, 0.2) is 0 Å². The summed E-state index contributed by atoms with van der Waals surface area (Å²) in [7, 11) is 0. The van der Waals surface area contributed by atoms with Gasteiger partial charge in [-0.1, -0.05) is 30.3 Å². The predicted molar refractivity (Wildman–Crippen MR) is 117 cm³/mol. The first-order chi connectivity index (χ1) is 13.5. The lowest BCUT2D eigenvalue weighted by Gasteiger charge is -2.37. The van der Waals surface area contributed by atoms with Crippen molar-refractivity contribution in [1.29, 1.82) is 0 Å². The van der Waals surface area contributed by atoms with Crippen molar-refractivity contribution in [1.82, 2.24) is 4.90 Å². The van der Waals surface area contributed by atoms with Crippen LogP contribution in [0.3, 0.4) is 0 Å². The topological polar surface area (TPSA) is 52.7 Å². The number of aryl methyl sites for hydroxylation is 1. The van der Waals surface area contributed by atoms with Crippen LogP contribution >= 0.6 is 11.8 Å². The van der Waals surface area contributed by atoms with E-state index in [9.17, 15) is 9.59 Å². The Kier molecular flexibility index (Phi) is 6.98. The highest BCUT2D eigenvalue weighted by molar-refractivity contribution is 8.00. The maximum absolute atomic E-state index is 12.5. The van der Waals surface area contributed by atoms with Gasteiger partial charge in [0.05, 0.1) is 11.5 Å². The lowest BCUT2D eigenvalue weighted by molar-refractivity contribution is -0.128. The van der Waals surface area contributed by atoms with Crippen LogP contribution in [0.15, 0.2) is 48.5 Å². The third-order valence-electron chi connectivity index (χ3n) is 5.07. The predicted octanol–water partition coefficient (Wildman–Crippen LogP) is 3.32. The first kappa shape index (κ1) is 20.3. The summed E-state index contributed by atoms with van der Waals surface area (Å²) in [6.45, 7) is 7.42. The van der Waals surface area contributed by atoms with Crippen LogP contribution in [-0.2, 0) is 9.59 Å². The minimum atomic E-state index is -0.0799. The Morgan fingerprint density at radius 3 is 2.36 bits per heavy atom. The number of thioether (sulfide) groups is 1. The molecule has 1 aliphatic heterocycles. The number of carbonyl (C=O) groups is 2. The molecule has 1 N–H and O–H groups in total. The Balaban J connectivity index is 1.40. The Labute approximate surface area is 171 Å². The molecule has 2 amide bonds. The summed E-state index contributed by atoms with van der Waals surface area (Å²) in [6.07, 6.45) is 0. The van der Waals surface area contributed by atoms with E-state index in [1.807, 2.05) is 35.2 Å². The monoisotopic (exact) mass is 397 g/mol. The summed E-state index contributed by atoms with van der Waals surface area (Å²) in [4.78, 5) is 28.7. The molecule has 1 aliphatic rings. The number of anilines is 2. The van der Waals surface area contributed by atoms with Crippen LogP contribution in [0.25, 0.3) is 0 Å². The minimum absolute atomic E-state index is 0.0799. The number of amides is 2. The summed E-state index contributed by atoms with van der Waals surface area (Å²) < 4.78 is 0. The van der Waals surface area contributed by atoms with E-state index in [0.29, 0.717) is 5.75 Å². The largest absolute Gasteiger partial charge is 0.368 e. The van der Waals surface area contributed by atoms with Gasteiger partial charge in [-0.2, -0.15) is 0 Å². The van der Waals surface area contributed by atoms with Gasteiger partial charge in [0.1, 0.15) is 0 Å². The van der Waals surface area contributed by atoms with Crippen molar-refractivity contribution in [2.24, 2.45) is 0 Å². The van der Waals surface area contributed by atoms with Crippen LogP contribution in [0.5, 0.6) is 0 Å². The van der Waals surface area contributed by atoms with Gasteiger partial charge in [-0.3, -0.25) is 9.59 Å². The normalized spacial score (nSPS) is 14.1. The second-order valence-electron chi connectivity index (χ2n) is 6.99. The lowest BCUT2D eigenvalue weighted by Crippen LogP contribution is -2.49.